The van der Waals surface area contributed by atoms with Crippen molar-refractivity contribution in [2.24, 2.45) is 0 Å². The van der Waals surface area contributed by atoms with Crippen molar-refractivity contribution in [1.29, 1.82) is 0 Å². The lowest BCUT2D eigenvalue weighted by Crippen LogP contribution is -2.52. The number of amides is 3. The Bertz CT molecular complexity index is 518. The molecule has 0 saturated carbocycles. The van der Waals surface area contributed by atoms with Crippen LogP contribution in [0.15, 0.2) is 0 Å². The smallest absolute Gasteiger partial charge is 0.282 e. The highest BCUT2D eigenvalue weighted by molar-refractivity contribution is 7.17. The molecule has 1 unspecified atom stereocenters. The van der Waals surface area contributed by atoms with Gasteiger partial charge in [0.05, 0.1) is 0 Å². The molecule has 1 aliphatic rings. The summed E-state index contributed by atoms with van der Waals surface area (Å²) in [5.74, 6) is -1.18. The number of carbonyl (C=O) groups excluding carboxylic acids is 3. The van der Waals surface area contributed by atoms with Crippen LogP contribution in [0.5, 0.6) is 0 Å². The van der Waals surface area contributed by atoms with Crippen LogP contribution in [0.1, 0.15) is 22.6 Å². The molecule has 1 N–H and O–H groups in total. The largest absolute Gasteiger partial charge is 0.338 e. The Hall–Kier alpha value is -1.54. The predicted molar refractivity (Wildman–Crippen MR) is 63.2 cm³/mol. The maximum absolute atomic E-state index is 11.7. The third-order valence-corrected chi connectivity index (χ3v) is 3.57. The highest BCUT2D eigenvalue weighted by atomic mass is 35.5. The first-order valence-electron chi connectivity index (χ1n) is 5.09. The first kappa shape index (κ1) is 12.9. The van der Waals surface area contributed by atoms with Gasteiger partial charge >= 0.3 is 0 Å². The van der Waals surface area contributed by atoms with E-state index in [0.29, 0.717) is 6.42 Å². The molecule has 1 saturated heterocycles. The molecule has 1 aromatic heterocycles. The van der Waals surface area contributed by atoms with Gasteiger partial charge in [-0.05, 0) is 18.0 Å². The Balaban J connectivity index is 2.04. The van der Waals surface area contributed by atoms with Gasteiger partial charge in [0.1, 0.15) is 6.04 Å². The van der Waals surface area contributed by atoms with Crippen LogP contribution < -0.4 is 5.32 Å². The lowest BCUT2D eigenvalue weighted by Gasteiger charge is -2.27. The maximum Gasteiger partial charge on any atom is 0.282 e. The lowest BCUT2D eigenvalue weighted by molar-refractivity contribution is -0.147. The molecule has 2 rings (SSSR count). The van der Waals surface area contributed by atoms with Gasteiger partial charge in [-0.15, -0.1) is 10.2 Å². The number of likely N-dealkylation sites (N-methyl/N-ethyl adjacent to an activating group) is 1. The molecule has 1 fully saturated rings. The van der Waals surface area contributed by atoms with Gasteiger partial charge in [-0.25, -0.2) is 0 Å². The standard InChI is InChI=1S/C9H9ClN4O3S/c1-14-5(15)3-2-4(8(14)17)11-6(16)7-12-13-9(10)18-7/h4H,2-3H2,1H3,(H,11,16). The van der Waals surface area contributed by atoms with Crippen molar-refractivity contribution in [2.75, 3.05) is 7.05 Å². The third kappa shape index (κ3) is 2.49. The number of nitrogens with one attached hydrogen (secondary N) is 1. The van der Waals surface area contributed by atoms with Crippen molar-refractivity contribution in [1.82, 2.24) is 20.4 Å². The van der Waals surface area contributed by atoms with E-state index in [4.69, 9.17) is 11.6 Å². The van der Waals surface area contributed by atoms with Gasteiger partial charge in [0.2, 0.25) is 15.4 Å². The zero-order valence-corrected chi connectivity index (χ0v) is 10.9. The summed E-state index contributed by atoms with van der Waals surface area (Å²) >= 11 is 6.49. The molecule has 1 aliphatic heterocycles. The lowest BCUT2D eigenvalue weighted by atomic mass is 10.0. The molecule has 18 heavy (non-hydrogen) atoms. The summed E-state index contributed by atoms with van der Waals surface area (Å²) in [6, 6.07) is -0.706. The van der Waals surface area contributed by atoms with E-state index in [2.05, 4.69) is 15.5 Å². The number of imide groups is 1. The van der Waals surface area contributed by atoms with E-state index in [1.807, 2.05) is 0 Å². The summed E-state index contributed by atoms with van der Waals surface area (Å²) in [7, 11) is 1.39. The van der Waals surface area contributed by atoms with Crippen molar-refractivity contribution in [3.63, 3.8) is 0 Å². The molecule has 0 aromatic carbocycles. The highest BCUT2D eigenvalue weighted by Crippen LogP contribution is 2.16. The molecular formula is C9H9ClN4O3S. The fourth-order valence-corrected chi connectivity index (χ4v) is 2.30. The Labute approximate surface area is 111 Å². The molecule has 3 amide bonds. The Kier molecular flexibility index (Phi) is 3.58. The van der Waals surface area contributed by atoms with Crippen LogP contribution in [-0.2, 0) is 9.59 Å². The highest BCUT2D eigenvalue weighted by Gasteiger charge is 2.33. The average Bonchev–Trinajstić information content (AvgIpc) is 2.77. The van der Waals surface area contributed by atoms with Gasteiger partial charge in [0.25, 0.3) is 11.8 Å². The first-order valence-corrected chi connectivity index (χ1v) is 6.28. The quantitative estimate of drug-likeness (QED) is 0.778. The molecule has 0 bridgehead atoms. The average molecular weight is 289 g/mol. The van der Waals surface area contributed by atoms with E-state index < -0.39 is 17.9 Å². The second-order valence-electron chi connectivity index (χ2n) is 3.72. The Morgan fingerprint density at radius 3 is 2.83 bits per heavy atom. The number of aromatic nitrogens is 2. The summed E-state index contributed by atoms with van der Waals surface area (Å²) in [5.41, 5.74) is 0. The van der Waals surface area contributed by atoms with Crippen LogP contribution in [0.3, 0.4) is 0 Å². The molecule has 2 heterocycles. The second-order valence-corrected chi connectivity index (χ2v) is 5.28. The minimum absolute atomic E-state index is 0.0901. The maximum atomic E-state index is 11.7. The molecule has 0 aliphatic carbocycles. The molecular weight excluding hydrogens is 280 g/mol. The normalized spacial score (nSPS) is 20.1. The minimum Gasteiger partial charge on any atom is -0.338 e. The van der Waals surface area contributed by atoms with E-state index in [1.54, 1.807) is 0 Å². The summed E-state index contributed by atoms with van der Waals surface area (Å²) in [6.45, 7) is 0. The summed E-state index contributed by atoms with van der Waals surface area (Å²) in [6.07, 6.45) is 0.518. The zero-order chi connectivity index (χ0) is 13.3. The number of piperidine rings is 1. The van der Waals surface area contributed by atoms with E-state index in [0.717, 1.165) is 16.2 Å². The number of likely N-dealkylation sites (tertiary alicyclic amines) is 1. The Morgan fingerprint density at radius 2 is 2.22 bits per heavy atom. The number of rotatable bonds is 2. The van der Waals surface area contributed by atoms with Crippen LogP contribution in [0.25, 0.3) is 0 Å². The van der Waals surface area contributed by atoms with Gasteiger partial charge in [-0.3, -0.25) is 19.3 Å². The molecule has 96 valence electrons. The molecule has 7 nitrogen and oxygen atoms in total. The summed E-state index contributed by atoms with van der Waals surface area (Å²) in [5, 5.41) is 9.68. The Morgan fingerprint density at radius 1 is 1.50 bits per heavy atom. The van der Waals surface area contributed by atoms with E-state index in [9.17, 15) is 14.4 Å². The van der Waals surface area contributed by atoms with Crippen LogP contribution in [0.2, 0.25) is 4.47 Å². The van der Waals surface area contributed by atoms with Crippen LogP contribution in [0.4, 0.5) is 0 Å². The third-order valence-electron chi connectivity index (χ3n) is 2.55. The van der Waals surface area contributed by atoms with Crippen LogP contribution in [-0.4, -0.2) is 45.9 Å². The second kappa shape index (κ2) is 4.99. The number of nitrogens with zero attached hydrogens (tertiary/aromatic N) is 3. The molecule has 1 aromatic rings. The minimum atomic E-state index is -0.706. The fourth-order valence-electron chi connectivity index (χ4n) is 1.57. The topological polar surface area (TPSA) is 92.3 Å². The van der Waals surface area contributed by atoms with Gasteiger partial charge < -0.3 is 5.32 Å². The zero-order valence-electron chi connectivity index (χ0n) is 9.34. The first-order chi connectivity index (χ1) is 8.49. The SMILES string of the molecule is CN1C(=O)CCC(NC(=O)c2nnc(Cl)s2)C1=O. The van der Waals surface area contributed by atoms with Crippen molar-refractivity contribution in [3.05, 3.63) is 9.47 Å². The summed E-state index contributed by atoms with van der Waals surface area (Å²) < 4.78 is 0.155. The van der Waals surface area contributed by atoms with Crippen LogP contribution >= 0.6 is 22.9 Å². The number of hydrogen-bond donors (Lipinski definition) is 1. The fraction of sp³-hybridized carbons (Fsp3) is 0.444. The van der Waals surface area contributed by atoms with Gasteiger partial charge in [0, 0.05) is 13.5 Å². The molecule has 9 heteroatoms. The van der Waals surface area contributed by atoms with Gasteiger partial charge in [0.15, 0.2) is 0 Å². The van der Waals surface area contributed by atoms with E-state index in [1.165, 1.54) is 7.05 Å². The van der Waals surface area contributed by atoms with Crippen molar-refractivity contribution in [2.45, 2.75) is 18.9 Å². The number of halogens is 1. The monoisotopic (exact) mass is 288 g/mol. The molecule has 0 radical (unpaired) electrons. The van der Waals surface area contributed by atoms with E-state index in [-0.39, 0.29) is 21.8 Å². The van der Waals surface area contributed by atoms with Gasteiger partial charge in [-0.2, -0.15) is 0 Å². The predicted octanol–water partition coefficient (Wildman–Crippen LogP) is 0.0687. The van der Waals surface area contributed by atoms with Crippen LogP contribution in [0, 0.1) is 0 Å². The van der Waals surface area contributed by atoms with Gasteiger partial charge in [-0.1, -0.05) is 11.3 Å². The molecule has 0 spiro atoms. The van der Waals surface area contributed by atoms with Crippen molar-refractivity contribution >= 4 is 40.7 Å². The summed E-state index contributed by atoms with van der Waals surface area (Å²) in [4.78, 5) is 35.8. The van der Waals surface area contributed by atoms with E-state index >= 15 is 0 Å². The number of carbonyl (C=O) groups is 3. The molecule has 1 atom stereocenters. The van der Waals surface area contributed by atoms with Crippen molar-refractivity contribution < 1.29 is 14.4 Å². The van der Waals surface area contributed by atoms with Crippen molar-refractivity contribution in [3.8, 4) is 0 Å². The number of hydrogen-bond acceptors (Lipinski definition) is 6.